The molecule has 0 aliphatic carbocycles. The summed E-state index contributed by atoms with van der Waals surface area (Å²) in [5.74, 6) is 0. The van der Waals surface area contributed by atoms with Crippen LogP contribution >= 0.6 is 0 Å². The van der Waals surface area contributed by atoms with Gasteiger partial charge in [-0.25, -0.2) is 0 Å². The maximum atomic E-state index is 10.7. The van der Waals surface area contributed by atoms with Crippen LogP contribution in [0.5, 0.6) is 0 Å². The maximum absolute atomic E-state index is 10.7. The summed E-state index contributed by atoms with van der Waals surface area (Å²) in [5.41, 5.74) is 1.29. The lowest BCUT2D eigenvalue weighted by Crippen LogP contribution is -1.97. The van der Waals surface area contributed by atoms with Crippen molar-refractivity contribution >= 4 is 17.1 Å². The predicted octanol–water partition coefficient (Wildman–Crippen LogP) is 1.81. The summed E-state index contributed by atoms with van der Waals surface area (Å²) in [5, 5.41) is 36.0. The molecule has 0 aliphatic heterocycles. The molecule has 0 aromatic heterocycles. The van der Waals surface area contributed by atoms with Gasteiger partial charge >= 0.3 is 5.69 Å². The van der Waals surface area contributed by atoms with Crippen molar-refractivity contribution in [1.82, 2.24) is 0 Å². The van der Waals surface area contributed by atoms with Gasteiger partial charge in [0.05, 0.1) is 22.0 Å². The zero-order valence-electron chi connectivity index (χ0n) is 8.81. The predicted molar refractivity (Wildman–Crippen MR) is 58.7 cm³/mol. The lowest BCUT2D eigenvalue weighted by atomic mass is 10.2. The van der Waals surface area contributed by atoms with E-state index in [1.165, 1.54) is 0 Å². The van der Waals surface area contributed by atoms with E-state index in [1.54, 1.807) is 6.07 Å². The molecule has 0 radical (unpaired) electrons. The molecule has 0 spiro atoms. The van der Waals surface area contributed by atoms with Gasteiger partial charge in [-0.05, 0) is 6.07 Å². The zero-order valence-corrected chi connectivity index (χ0v) is 8.81. The fourth-order valence-corrected chi connectivity index (χ4v) is 1.04. The number of rotatable bonds is 5. The molecule has 1 rings (SSSR count). The zero-order chi connectivity index (χ0) is 13.5. The Labute approximate surface area is 99.8 Å². The van der Waals surface area contributed by atoms with Gasteiger partial charge in [-0.3, -0.25) is 25.7 Å². The Kier molecular flexibility index (Phi) is 4.22. The number of nitrogens with zero attached hydrogens (tertiary/aromatic N) is 5. The Bertz CT molecular complexity index is 549. The number of benzene rings is 1. The number of nitro benzene ring substituents is 2. The molecule has 1 N–H and O–H groups in total. The lowest BCUT2D eigenvalue weighted by Gasteiger charge is -2.00. The second-order valence-electron chi connectivity index (χ2n) is 2.89. The number of nitriles is 1. The Morgan fingerprint density at radius 3 is 2.61 bits per heavy atom. The Hall–Kier alpha value is -3.09. The first-order valence-electron chi connectivity index (χ1n) is 4.48. The standard InChI is InChI=1S/C8H6N6O4/c9-3-4-10-12-11-7-2-1-6(13(15)16)5-8(7)14(17)18/h1-2,5H,4H2,(H,10,11). The van der Waals surface area contributed by atoms with Crippen molar-refractivity contribution in [3.63, 3.8) is 0 Å². The maximum Gasteiger partial charge on any atom is 0.301 e. The smallest absolute Gasteiger partial charge is 0.258 e. The van der Waals surface area contributed by atoms with Crippen LogP contribution in [0.25, 0.3) is 0 Å². The second-order valence-corrected chi connectivity index (χ2v) is 2.89. The summed E-state index contributed by atoms with van der Waals surface area (Å²) >= 11 is 0. The first-order chi connectivity index (χ1) is 8.56. The van der Waals surface area contributed by atoms with Crippen molar-refractivity contribution in [3.05, 3.63) is 38.4 Å². The molecule has 10 heteroatoms. The van der Waals surface area contributed by atoms with Crippen molar-refractivity contribution < 1.29 is 9.85 Å². The van der Waals surface area contributed by atoms with Crippen LogP contribution < -0.4 is 5.43 Å². The summed E-state index contributed by atoms with van der Waals surface area (Å²) in [4.78, 5) is 19.6. The molecule has 92 valence electrons. The molecule has 18 heavy (non-hydrogen) atoms. The number of anilines is 1. The van der Waals surface area contributed by atoms with Crippen LogP contribution in [0.15, 0.2) is 28.5 Å². The van der Waals surface area contributed by atoms with Crippen molar-refractivity contribution in [3.8, 4) is 6.07 Å². The van der Waals surface area contributed by atoms with E-state index in [9.17, 15) is 20.2 Å². The number of hydrogen-bond acceptors (Lipinski definition) is 7. The molecule has 0 heterocycles. The fourth-order valence-electron chi connectivity index (χ4n) is 1.04. The molecule has 0 fully saturated rings. The SMILES string of the molecule is N#CCN=NNc1ccc([N+](=O)[O-])cc1[N+](=O)[O-]. The van der Waals surface area contributed by atoms with Crippen LogP contribution in [0.4, 0.5) is 17.1 Å². The molecular weight excluding hydrogens is 244 g/mol. The van der Waals surface area contributed by atoms with Gasteiger partial charge in [0.15, 0.2) is 0 Å². The molecular formula is C8H6N6O4. The van der Waals surface area contributed by atoms with E-state index < -0.39 is 21.2 Å². The van der Waals surface area contributed by atoms with Crippen LogP contribution in [0.1, 0.15) is 0 Å². The van der Waals surface area contributed by atoms with Crippen LogP contribution in [0.3, 0.4) is 0 Å². The van der Waals surface area contributed by atoms with Gasteiger partial charge < -0.3 is 0 Å². The normalized spacial score (nSPS) is 9.94. The number of nitro groups is 2. The molecule has 0 aliphatic rings. The molecule has 10 nitrogen and oxygen atoms in total. The van der Waals surface area contributed by atoms with E-state index in [1.807, 2.05) is 0 Å². The minimum Gasteiger partial charge on any atom is -0.258 e. The monoisotopic (exact) mass is 250 g/mol. The van der Waals surface area contributed by atoms with E-state index in [0.29, 0.717) is 0 Å². The second kappa shape index (κ2) is 5.85. The third-order valence-corrected chi connectivity index (χ3v) is 1.77. The van der Waals surface area contributed by atoms with E-state index >= 15 is 0 Å². The minimum absolute atomic E-state index is 0.0488. The van der Waals surface area contributed by atoms with Crippen molar-refractivity contribution in [2.75, 3.05) is 12.0 Å². The van der Waals surface area contributed by atoms with Crippen molar-refractivity contribution in [2.45, 2.75) is 0 Å². The summed E-state index contributed by atoms with van der Waals surface area (Å²) in [6.07, 6.45) is 0. The Morgan fingerprint density at radius 1 is 1.33 bits per heavy atom. The van der Waals surface area contributed by atoms with Gasteiger partial charge in [0, 0.05) is 6.07 Å². The molecule has 1 aromatic rings. The highest BCUT2D eigenvalue weighted by Gasteiger charge is 2.19. The Morgan fingerprint density at radius 2 is 2.06 bits per heavy atom. The molecule has 0 saturated carbocycles. The van der Waals surface area contributed by atoms with E-state index in [0.717, 1.165) is 18.2 Å². The van der Waals surface area contributed by atoms with Crippen LogP contribution in [-0.2, 0) is 0 Å². The van der Waals surface area contributed by atoms with E-state index in [4.69, 9.17) is 5.26 Å². The summed E-state index contributed by atoms with van der Waals surface area (Å²) in [6, 6.07) is 4.73. The highest BCUT2D eigenvalue weighted by molar-refractivity contribution is 5.64. The van der Waals surface area contributed by atoms with Crippen molar-refractivity contribution in [2.24, 2.45) is 10.3 Å². The lowest BCUT2D eigenvalue weighted by molar-refractivity contribution is -0.393. The largest absolute Gasteiger partial charge is 0.301 e. The molecule has 0 atom stereocenters. The van der Waals surface area contributed by atoms with Gasteiger partial charge in [0.1, 0.15) is 12.2 Å². The van der Waals surface area contributed by atoms with E-state index in [2.05, 4.69) is 15.8 Å². The van der Waals surface area contributed by atoms with Gasteiger partial charge in [-0.2, -0.15) is 10.4 Å². The average Bonchev–Trinajstić information content (AvgIpc) is 2.34. The first kappa shape index (κ1) is 13.0. The van der Waals surface area contributed by atoms with Gasteiger partial charge in [0.2, 0.25) is 0 Å². The molecule has 0 saturated heterocycles. The number of nitrogens with one attached hydrogen (secondary N) is 1. The first-order valence-corrected chi connectivity index (χ1v) is 4.48. The molecule has 0 amide bonds. The van der Waals surface area contributed by atoms with Crippen LogP contribution in [0, 0.1) is 31.6 Å². The summed E-state index contributed by atoms with van der Waals surface area (Å²) in [6.45, 7) is -0.201. The molecule has 0 bridgehead atoms. The number of non-ortho nitro benzene ring substituents is 1. The Balaban J connectivity index is 3.01. The van der Waals surface area contributed by atoms with Crippen LogP contribution in [-0.4, -0.2) is 16.4 Å². The third kappa shape index (κ3) is 3.20. The highest BCUT2D eigenvalue weighted by Crippen LogP contribution is 2.28. The minimum atomic E-state index is -0.783. The summed E-state index contributed by atoms with van der Waals surface area (Å²) < 4.78 is 0. The highest BCUT2D eigenvalue weighted by atomic mass is 16.6. The quantitative estimate of drug-likeness (QED) is 0.364. The topological polar surface area (TPSA) is 147 Å². The van der Waals surface area contributed by atoms with Gasteiger partial charge in [-0.1, -0.05) is 5.22 Å². The third-order valence-electron chi connectivity index (χ3n) is 1.77. The molecule has 1 aromatic carbocycles. The van der Waals surface area contributed by atoms with E-state index in [-0.39, 0.29) is 12.2 Å². The van der Waals surface area contributed by atoms with Crippen molar-refractivity contribution in [1.29, 1.82) is 5.26 Å². The average molecular weight is 250 g/mol. The number of hydrogen-bond donors (Lipinski definition) is 1. The van der Waals surface area contributed by atoms with Gasteiger partial charge in [0.25, 0.3) is 5.69 Å². The molecule has 0 unspecified atom stereocenters. The summed E-state index contributed by atoms with van der Waals surface area (Å²) in [7, 11) is 0. The fraction of sp³-hybridized carbons (Fsp3) is 0.125. The van der Waals surface area contributed by atoms with Crippen LogP contribution in [0.2, 0.25) is 0 Å². The van der Waals surface area contributed by atoms with Gasteiger partial charge in [-0.15, -0.1) is 0 Å².